The third-order valence-electron chi connectivity index (χ3n) is 4.85. The van der Waals surface area contributed by atoms with E-state index in [4.69, 9.17) is 16.3 Å². The van der Waals surface area contributed by atoms with Crippen molar-refractivity contribution in [1.29, 1.82) is 0 Å². The molecule has 0 aromatic heterocycles. The largest absolute Gasteiger partial charge is 0.463 e. The van der Waals surface area contributed by atoms with E-state index in [0.29, 0.717) is 30.8 Å². The first kappa shape index (κ1) is 22.9. The molecule has 1 heterocycles. The minimum absolute atomic E-state index is 0.0511. The number of hydrogen-bond acceptors (Lipinski definition) is 4. The summed E-state index contributed by atoms with van der Waals surface area (Å²) in [6.45, 7) is 4.41. The lowest BCUT2D eigenvalue weighted by molar-refractivity contribution is -0.151. The molecule has 0 aliphatic carbocycles. The number of halogens is 1. The summed E-state index contributed by atoms with van der Waals surface area (Å²) in [5, 5.41) is 6.39. The van der Waals surface area contributed by atoms with Gasteiger partial charge in [-0.2, -0.15) is 0 Å². The fourth-order valence-corrected chi connectivity index (χ4v) is 3.05. The molecule has 7 heteroatoms. The first-order valence-electron chi connectivity index (χ1n) is 9.97. The molecule has 1 aliphatic heterocycles. The normalized spacial score (nSPS) is 22.1. The molecule has 0 spiro atoms. The number of hydrogen-bond donors (Lipinski definition) is 2. The van der Waals surface area contributed by atoms with Crippen LogP contribution in [0.25, 0.3) is 0 Å². The zero-order valence-corrected chi connectivity index (χ0v) is 17.7. The molecule has 0 saturated carbocycles. The smallest absolute Gasteiger partial charge is 0.309 e. The highest BCUT2D eigenvalue weighted by Crippen LogP contribution is 2.15. The van der Waals surface area contributed by atoms with Gasteiger partial charge in [-0.25, -0.2) is 0 Å². The second-order valence-corrected chi connectivity index (χ2v) is 8.03. The van der Waals surface area contributed by atoms with Crippen LogP contribution < -0.4 is 10.6 Å². The predicted octanol–water partition coefficient (Wildman–Crippen LogP) is 3.39. The Labute approximate surface area is 177 Å². The van der Waals surface area contributed by atoms with Gasteiger partial charge in [0.1, 0.15) is 6.61 Å². The van der Waals surface area contributed by atoms with E-state index in [1.807, 2.05) is 38.1 Å². The first-order chi connectivity index (χ1) is 13.8. The standard InChI is InChI=1S/C22H29ClN2O4/c1-15(2)19-14-29-22(28)17(6-4-3-5-7-20(26)25-19)12-21(27)24-13-16-8-10-18(23)11-9-16/h3-4,8-11,15,17,19H,5-7,12-14H2,1-2H3,(H,24,27)(H,25,26)/b4-3-/t17-,19-/m0/s1. The van der Waals surface area contributed by atoms with E-state index < -0.39 is 11.9 Å². The summed E-state index contributed by atoms with van der Waals surface area (Å²) in [5.74, 6) is -1.11. The van der Waals surface area contributed by atoms with Crippen molar-refractivity contribution in [3.05, 3.63) is 47.0 Å². The zero-order valence-electron chi connectivity index (χ0n) is 16.9. The second-order valence-electron chi connectivity index (χ2n) is 7.60. The molecule has 1 aliphatic rings. The summed E-state index contributed by atoms with van der Waals surface area (Å²) in [5.41, 5.74) is 0.930. The maximum absolute atomic E-state index is 12.6. The van der Waals surface area contributed by atoms with Crippen LogP contribution in [-0.2, 0) is 25.7 Å². The van der Waals surface area contributed by atoms with Crippen LogP contribution in [-0.4, -0.2) is 30.4 Å². The maximum atomic E-state index is 12.6. The predicted molar refractivity (Wildman–Crippen MR) is 112 cm³/mol. The highest BCUT2D eigenvalue weighted by molar-refractivity contribution is 6.30. The SMILES string of the molecule is CC(C)[C@@H]1COC(=O)[C@H](CC(=O)NCc2ccc(Cl)cc2)C/C=C\CCC(=O)N1. The number of cyclic esters (lactones) is 1. The molecule has 0 bridgehead atoms. The van der Waals surface area contributed by atoms with Crippen LogP contribution in [0, 0.1) is 11.8 Å². The van der Waals surface area contributed by atoms with Crippen molar-refractivity contribution in [2.75, 3.05) is 6.61 Å². The van der Waals surface area contributed by atoms with Crippen molar-refractivity contribution in [2.24, 2.45) is 11.8 Å². The van der Waals surface area contributed by atoms with Gasteiger partial charge in [0.15, 0.2) is 0 Å². The summed E-state index contributed by atoms with van der Waals surface area (Å²) in [7, 11) is 0. The molecule has 2 atom stereocenters. The highest BCUT2D eigenvalue weighted by Gasteiger charge is 2.25. The number of amides is 2. The third-order valence-corrected chi connectivity index (χ3v) is 5.10. The number of nitrogens with one attached hydrogen (secondary N) is 2. The Kier molecular flexibility index (Phi) is 9.19. The van der Waals surface area contributed by atoms with Crippen LogP contribution in [0.2, 0.25) is 5.02 Å². The molecule has 2 rings (SSSR count). The van der Waals surface area contributed by atoms with Crippen LogP contribution in [0.5, 0.6) is 0 Å². The number of allylic oxidation sites excluding steroid dienone is 2. The van der Waals surface area contributed by atoms with Crippen molar-refractivity contribution < 1.29 is 19.1 Å². The quantitative estimate of drug-likeness (QED) is 0.564. The van der Waals surface area contributed by atoms with Crippen molar-refractivity contribution in [3.63, 3.8) is 0 Å². The van der Waals surface area contributed by atoms with Crippen LogP contribution in [0.4, 0.5) is 0 Å². The second kappa shape index (κ2) is 11.6. The molecule has 2 amide bonds. The van der Waals surface area contributed by atoms with Gasteiger partial charge in [0.2, 0.25) is 11.8 Å². The van der Waals surface area contributed by atoms with E-state index >= 15 is 0 Å². The van der Waals surface area contributed by atoms with Gasteiger partial charge in [0, 0.05) is 24.4 Å². The van der Waals surface area contributed by atoms with Gasteiger partial charge in [-0.3, -0.25) is 14.4 Å². The molecular formula is C22H29ClN2O4. The van der Waals surface area contributed by atoms with Gasteiger partial charge in [0.05, 0.1) is 12.0 Å². The van der Waals surface area contributed by atoms with Crippen molar-refractivity contribution in [1.82, 2.24) is 10.6 Å². The van der Waals surface area contributed by atoms with Gasteiger partial charge in [-0.1, -0.05) is 49.7 Å². The summed E-state index contributed by atoms with van der Waals surface area (Å²) < 4.78 is 5.44. The van der Waals surface area contributed by atoms with Gasteiger partial charge >= 0.3 is 5.97 Å². The van der Waals surface area contributed by atoms with Crippen LogP contribution in [0.15, 0.2) is 36.4 Å². The summed E-state index contributed by atoms with van der Waals surface area (Å²) in [6, 6.07) is 6.98. The van der Waals surface area contributed by atoms with E-state index in [9.17, 15) is 14.4 Å². The molecule has 1 aromatic carbocycles. The molecule has 0 radical (unpaired) electrons. The average molecular weight is 421 g/mol. The lowest BCUT2D eigenvalue weighted by Gasteiger charge is -2.24. The summed E-state index contributed by atoms with van der Waals surface area (Å²) >= 11 is 5.86. The summed E-state index contributed by atoms with van der Waals surface area (Å²) in [4.78, 5) is 36.9. The molecule has 1 aromatic rings. The number of carbonyl (C=O) groups is 3. The molecule has 29 heavy (non-hydrogen) atoms. The molecule has 158 valence electrons. The number of ether oxygens (including phenoxy) is 1. The van der Waals surface area contributed by atoms with E-state index in [-0.39, 0.29) is 36.8 Å². The molecular weight excluding hydrogens is 392 g/mol. The minimum atomic E-state index is -0.556. The number of rotatable bonds is 5. The highest BCUT2D eigenvalue weighted by atomic mass is 35.5. The van der Waals surface area contributed by atoms with Crippen molar-refractivity contribution in [3.8, 4) is 0 Å². The third kappa shape index (κ3) is 8.28. The Morgan fingerprint density at radius 2 is 1.97 bits per heavy atom. The van der Waals surface area contributed by atoms with Gasteiger partial charge in [-0.05, 0) is 36.5 Å². The Morgan fingerprint density at radius 3 is 2.66 bits per heavy atom. The monoisotopic (exact) mass is 420 g/mol. The fourth-order valence-electron chi connectivity index (χ4n) is 2.92. The number of esters is 1. The molecule has 0 saturated heterocycles. The van der Waals surface area contributed by atoms with Gasteiger partial charge in [-0.15, -0.1) is 0 Å². The van der Waals surface area contributed by atoms with Crippen LogP contribution in [0.1, 0.15) is 45.1 Å². The lowest BCUT2D eigenvalue weighted by atomic mass is 9.99. The van der Waals surface area contributed by atoms with Crippen LogP contribution >= 0.6 is 11.6 Å². The first-order valence-corrected chi connectivity index (χ1v) is 10.3. The Bertz CT molecular complexity index is 731. The van der Waals surface area contributed by atoms with Crippen molar-refractivity contribution >= 4 is 29.4 Å². The molecule has 6 nitrogen and oxygen atoms in total. The Hall–Kier alpha value is -2.34. The van der Waals surface area contributed by atoms with E-state index in [2.05, 4.69) is 10.6 Å². The number of carbonyl (C=O) groups excluding carboxylic acids is 3. The van der Waals surface area contributed by atoms with Gasteiger partial charge in [0.25, 0.3) is 0 Å². The lowest BCUT2D eigenvalue weighted by Crippen LogP contribution is -2.43. The summed E-state index contributed by atoms with van der Waals surface area (Å²) in [6.07, 6.45) is 5.16. The maximum Gasteiger partial charge on any atom is 0.309 e. The fraction of sp³-hybridized carbons (Fsp3) is 0.500. The van der Waals surface area contributed by atoms with E-state index in [1.165, 1.54) is 0 Å². The van der Waals surface area contributed by atoms with E-state index in [1.54, 1.807) is 12.1 Å². The van der Waals surface area contributed by atoms with Crippen molar-refractivity contribution in [2.45, 2.75) is 52.1 Å². The van der Waals surface area contributed by atoms with Gasteiger partial charge < -0.3 is 15.4 Å². The topological polar surface area (TPSA) is 84.5 Å². The van der Waals surface area contributed by atoms with Crippen LogP contribution in [0.3, 0.4) is 0 Å². The average Bonchev–Trinajstić information content (AvgIpc) is 2.68. The molecule has 2 N–H and O–H groups in total. The zero-order chi connectivity index (χ0) is 21.2. The van der Waals surface area contributed by atoms with E-state index in [0.717, 1.165) is 5.56 Å². The molecule has 0 fully saturated rings. The molecule has 0 unspecified atom stereocenters. The Morgan fingerprint density at radius 1 is 1.24 bits per heavy atom. The minimum Gasteiger partial charge on any atom is -0.463 e. The number of benzene rings is 1. The Balaban J connectivity index is 1.95.